The highest BCUT2D eigenvalue weighted by Crippen LogP contribution is 2.24. The average molecular weight is 338 g/mol. The van der Waals surface area contributed by atoms with Crippen molar-refractivity contribution in [3.05, 3.63) is 54.2 Å². The first-order chi connectivity index (χ1) is 12.2. The van der Waals surface area contributed by atoms with Crippen LogP contribution in [0.4, 0.5) is 11.5 Å². The summed E-state index contributed by atoms with van der Waals surface area (Å²) in [5.74, 6) is 1.13. The molecule has 0 bridgehead atoms. The van der Waals surface area contributed by atoms with Crippen LogP contribution in [0.15, 0.2) is 48.7 Å². The van der Waals surface area contributed by atoms with Crippen molar-refractivity contribution < 1.29 is 4.79 Å². The van der Waals surface area contributed by atoms with Crippen molar-refractivity contribution >= 4 is 17.4 Å². The van der Waals surface area contributed by atoms with Gasteiger partial charge in [-0.2, -0.15) is 0 Å². The van der Waals surface area contributed by atoms with Crippen LogP contribution in [-0.4, -0.2) is 30.5 Å². The lowest BCUT2D eigenvalue weighted by atomic mass is 9.84. The molecule has 132 valence electrons. The summed E-state index contributed by atoms with van der Waals surface area (Å²) >= 11 is 0. The molecule has 5 nitrogen and oxygen atoms in total. The van der Waals surface area contributed by atoms with Crippen LogP contribution < -0.4 is 16.0 Å². The maximum absolute atomic E-state index is 12.5. The van der Waals surface area contributed by atoms with E-state index in [9.17, 15) is 4.79 Å². The highest BCUT2D eigenvalue weighted by Gasteiger charge is 2.25. The fraction of sp³-hybridized carbons (Fsp3) is 0.400. The molecule has 0 spiro atoms. The van der Waals surface area contributed by atoms with E-state index in [2.05, 4.69) is 10.3 Å². The molecule has 1 aliphatic rings. The lowest BCUT2D eigenvalue weighted by Crippen LogP contribution is -2.44. The number of rotatable bonds is 5. The van der Waals surface area contributed by atoms with E-state index in [0.29, 0.717) is 18.0 Å². The van der Waals surface area contributed by atoms with E-state index in [-0.39, 0.29) is 11.9 Å². The minimum atomic E-state index is -0.0632. The zero-order valence-electron chi connectivity index (χ0n) is 14.7. The van der Waals surface area contributed by atoms with E-state index in [4.69, 9.17) is 5.73 Å². The van der Waals surface area contributed by atoms with Crippen molar-refractivity contribution in [2.75, 3.05) is 18.5 Å². The Labute approximate surface area is 149 Å². The lowest BCUT2D eigenvalue weighted by molar-refractivity contribution is 0.0907. The number of hydrogen-bond donors (Lipinski definition) is 2. The SMILES string of the molecule is CN(c1ccccc1)c1ccc(C(=O)NC2CCCCC2CN)cn1. The molecule has 3 N–H and O–H groups in total. The number of anilines is 2. The zero-order chi connectivity index (χ0) is 17.6. The topological polar surface area (TPSA) is 71.2 Å². The van der Waals surface area contributed by atoms with Gasteiger partial charge in [-0.05, 0) is 49.6 Å². The summed E-state index contributed by atoms with van der Waals surface area (Å²) in [7, 11) is 1.96. The van der Waals surface area contributed by atoms with Gasteiger partial charge in [0.1, 0.15) is 5.82 Å². The molecule has 25 heavy (non-hydrogen) atoms. The fourth-order valence-corrected chi connectivity index (χ4v) is 3.43. The van der Waals surface area contributed by atoms with Crippen LogP contribution in [0.5, 0.6) is 0 Å². The molecule has 1 aliphatic carbocycles. The number of hydrogen-bond acceptors (Lipinski definition) is 4. The second-order valence-corrected chi connectivity index (χ2v) is 6.66. The molecule has 1 aromatic heterocycles. The zero-order valence-corrected chi connectivity index (χ0v) is 14.7. The highest BCUT2D eigenvalue weighted by atomic mass is 16.1. The van der Waals surface area contributed by atoms with E-state index in [1.54, 1.807) is 6.20 Å². The number of amides is 1. The second kappa shape index (κ2) is 8.12. The van der Waals surface area contributed by atoms with Gasteiger partial charge in [0.05, 0.1) is 5.56 Å². The van der Waals surface area contributed by atoms with E-state index >= 15 is 0 Å². The standard InChI is InChI=1S/C20H26N4O/c1-24(17-8-3-2-4-9-17)19-12-11-16(14-22-19)20(25)23-18-10-6-5-7-15(18)13-21/h2-4,8-9,11-12,14-15,18H,5-7,10,13,21H2,1H3,(H,23,25). The van der Waals surface area contributed by atoms with Crippen molar-refractivity contribution in [2.24, 2.45) is 11.7 Å². The van der Waals surface area contributed by atoms with Crippen molar-refractivity contribution in [3.63, 3.8) is 0 Å². The molecule has 0 saturated heterocycles. The summed E-state index contributed by atoms with van der Waals surface area (Å²) in [4.78, 5) is 19.0. The van der Waals surface area contributed by atoms with Crippen LogP contribution in [0.3, 0.4) is 0 Å². The Morgan fingerprint density at radius 3 is 2.64 bits per heavy atom. The quantitative estimate of drug-likeness (QED) is 0.879. The molecular weight excluding hydrogens is 312 g/mol. The van der Waals surface area contributed by atoms with Crippen molar-refractivity contribution in [1.82, 2.24) is 10.3 Å². The Morgan fingerprint density at radius 1 is 1.20 bits per heavy atom. The maximum Gasteiger partial charge on any atom is 0.253 e. The average Bonchev–Trinajstić information content (AvgIpc) is 2.68. The summed E-state index contributed by atoms with van der Waals surface area (Å²) in [5, 5.41) is 3.14. The molecule has 1 saturated carbocycles. The smallest absolute Gasteiger partial charge is 0.253 e. The van der Waals surface area contributed by atoms with E-state index in [0.717, 1.165) is 30.8 Å². The van der Waals surface area contributed by atoms with Gasteiger partial charge in [-0.15, -0.1) is 0 Å². The number of para-hydroxylation sites is 1. The fourth-order valence-electron chi connectivity index (χ4n) is 3.43. The summed E-state index contributed by atoms with van der Waals surface area (Å²) in [6, 6.07) is 13.9. The van der Waals surface area contributed by atoms with Gasteiger partial charge in [0.2, 0.25) is 0 Å². The van der Waals surface area contributed by atoms with Crippen LogP contribution in [-0.2, 0) is 0 Å². The molecule has 1 fully saturated rings. The summed E-state index contributed by atoms with van der Waals surface area (Å²) in [5.41, 5.74) is 7.49. The van der Waals surface area contributed by atoms with Crippen LogP contribution in [0, 0.1) is 5.92 Å². The summed E-state index contributed by atoms with van der Waals surface area (Å²) in [6.45, 7) is 0.629. The monoisotopic (exact) mass is 338 g/mol. The Balaban J connectivity index is 1.66. The third-order valence-electron chi connectivity index (χ3n) is 5.03. The van der Waals surface area contributed by atoms with Crippen molar-refractivity contribution in [3.8, 4) is 0 Å². The Morgan fingerprint density at radius 2 is 1.96 bits per heavy atom. The minimum absolute atomic E-state index is 0.0632. The third-order valence-corrected chi connectivity index (χ3v) is 5.03. The molecule has 1 heterocycles. The maximum atomic E-state index is 12.5. The van der Waals surface area contributed by atoms with Gasteiger partial charge in [0.25, 0.3) is 5.91 Å². The molecule has 2 unspecified atom stereocenters. The van der Waals surface area contributed by atoms with Gasteiger partial charge in [-0.1, -0.05) is 31.0 Å². The van der Waals surface area contributed by atoms with Gasteiger partial charge in [-0.25, -0.2) is 4.98 Å². The molecule has 3 rings (SSSR count). The molecule has 0 aliphatic heterocycles. The molecule has 2 atom stereocenters. The first-order valence-electron chi connectivity index (χ1n) is 8.95. The number of benzene rings is 1. The highest BCUT2D eigenvalue weighted by molar-refractivity contribution is 5.94. The number of nitrogens with zero attached hydrogens (tertiary/aromatic N) is 2. The van der Waals surface area contributed by atoms with Gasteiger partial charge in [-0.3, -0.25) is 4.79 Å². The van der Waals surface area contributed by atoms with Gasteiger partial charge in [0.15, 0.2) is 0 Å². The summed E-state index contributed by atoms with van der Waals surface area (Å²) in [6.07, 6.45) is 6.11. The first kappa shape index (κ1) is 17.4. The molecule has 1 amide bonds. The normalized spacial score (nSPS) is 20.1. The Hall–Kier alpha value is -2.40. The van der Waals surface area contributed by atoms with Gasteiger partial charge >= 0.3 is 0 Å². The van der Waals surface area contributed by atoms with E-state index < -0.39 is 0 Å². The van der Waals surface area contributed by atoms with Crippen LogP contribution in [0.25, 0.3) is 0 Å². The first-order valence-corrected chi connectivity index (χ1v) is 8.95. The van der Waals surface area contributed by atoms with Gasteiger partial charge < -0.3 is 16.0 Å². The van der Waals surface area contributed by atoms with Crippen LogP contribution in [0.1, 0.15) is 36.0 Å². The minimum Gasteiger partial charge on any atom is -0.349 e. The Bertz CT molecular complexity index is 687. The molecular formula is C20H26N4O. The number of aromatic nitrogens is 1. The van der Waals surface area contributed by atoms with E-state index in [1.807, 2.05) is 54.4 Å². The number of nitrogens with one attached hydrogen (secondary N) is 1. The number of nitrogens with two attached hydrogens (primary N) is 1. The molecule has 1 aromatic carbocycles. The van der Waals surface area contributed by atoms with Crippen molar-refractivity contribution in [1.29, 1.82) is 0 Å². The van der Waals surface area contributed by atoms with Crippen LogP contribution >= 0.6 is 0 Å². The Kier molecular flexibility index (Phi) is 5.66. The van der Waals surface area contributed by atoms with Crippen LogP contribution in [0.2, 0.25) is 0 Å². The van der Waals surface area contributed by atoms with Crippen molar-refractivity contribution in [2.45, 2.75) is 31.7 Å². The van der Waals surface area contributed by atoms with E-state index in [1.165, 1.54) is 6.42 Å². The predicted molar refractivity (Wildman–Crippen MR) is 101 cm³/mol. The predicted octanol–water partition coefficient (Wildman–Crippen LogP) is 3.10. The summed E-state index contributed by atoms with van der Waals surface area (Å²) < 4.78 is 0. The largest absolute Gasteiger partial charge is 0.349 e. The molecule has 5 heteroatoms. The second-order valence-electron chi connectivity index (χ2n) is 6.66. The number of carbonyl (C=O) groups is 1. The molecule has 0 radical (unpaired) electrons. The number of pyridine rings is 1. The molecule has 2 aromatic rings. The lowest BCUT2D eigenvalue weighted by Gasteiger charge is -2.31. The van der Waals surface area contributed by atoms with Gasteiger partial charge in [0, 0.05) is 25.0 Å². The third kappa shape index (κ3) is 4.17. The number of carbonyl (C=O) groups excluding carboxylic acids is 1.